The van der Waals surface area contributed by atoms with Crippen molar-refractivity contribution in [2.24, 2.45) is 0 Å². The molecule has 0 aliphatic heterocycles. The Morgan fingerprint density at radius 1 is 0.266 bits per heavy atom. The monoisotopic (exact) mass is 813 g/mol. The number of hydrogen-bond acceptors (Lipinski definition) is 2. The Kier molecular flexibility index (Phi) is 7.28. The third-order valence-corrected chi connectivity index (χ3v) is 14.6. The summed E-state index contributed by atoms with van der Waals surface area (Å²) >= 11 is 0. The maximum Gasteiger partial charge on any atom is 0.135 e. The van der Waals surface area contributed by atoms with Crippen LogP contribution in [0.2, 0.25) is 0 Å². The van der Waals surface area contributed by atoms with Crippen LogP contribution in [0.5, 0.6) is 0 Å². The Morgan fingerprint density at radius 2 is 0.688 bits per heavy atom. The van der Waals surface area contributed by atoms with Crippen molar-refractivity contribution in [3.63, 3.8) is 0 Å². The lowest BCUT2D eigenvalue weighted by Crippen LogP contribution is -2.28. The van der Waals surface area contributed by atoms with Crippen LogP contribution in [0.1, 0.15) is 44.5 Å². The fourth-order valence-electron chi connectivity index (χ4n) is 12.1. The largest absolute Gasteiger partial charge is 0.456 e. The Hall–Kier alpha value is -8.20. The number of fused-ring (bicyclic) bond motifs is 16. The summed E-state index contributed by atoms with van der Waals surface area (Å²) in [4.78, 5) is 2.47. The van der Waals surface area contributed by atoms with Gasteiger partial charge < -0.3 is 9.32 Å². The summed E-state index contributed by atoms with van der Waals surface area (Å²) in [7, 11) is 0. The predicted molar refractivity (Wildman–Crippen MR) is 262 cm³/mol. The van der Waals surface area contributed by atoms with Crippen LogP contribution in [-0.2, 0) is 10.8 Å². The molecule has 0 unspecified atom stereocenters. The number of rotatable bonds is 5. The van der Waals surface area contributed by atoms with Gasteiger partial charge in [0.05, 0.1) is 10.8 Å². The van der Waals surface area contributed by atoms with E-state index in [0.717, 1.165) is 39.0 Å². The highest BCUT2D eigenvalue weighted by Gasteiger charge is 2.52. The molecule has 0 saturated heterocycles. The molecule has 0 amide bonds. The molecule has 0 fully saturated rings. The van der Waals surface area contributed by atoms with E-state index in [2.05, 4.69) is 235 Å². The summed E-state index contributed by atoms with van der Waals surface area (Å²) in [5.41, 5.74) is 22.2. The maximum atomic E-state index is 6.41. The summed E-state index contributed by atoms with van der Waals surface area (Å²) < 4.78 is 6.41. The Bertz CT molecular complexity index is 3590. The molecule has 0 radical (unpaired) electrons. The van der Waals surface area contributed by atoms with Crippen molar-refractivity contribution in [3.05, 3.63) is 281 Å². The van der Waals surface area contributed by atoms with Gasteiger partial charge in [0.1, 0.15) is 11.2 Å². The Morgan fingerprint density at radius 3 is 1.31 bits per heavy atom. The molecule has 1 spiro atoms. The summed E-state index contributed by atoms with van der Waals surface area (Å²) in [6, 6.07) is 87.7. The summed E-state index contributed by atoms with van der Waals surface area (Å²) in [5, 5.41) is 2.21. The lowest BCUT2D eigenvalue weighted by Gasteiger charge is -2.34. The molecule has 1 heterocycles. The van der Waals surface area contributed by atoms with Crippen LogP contribution in [0.4, 0.5) is 17.1 Å². The number of nitrogens with zero attached hydrogens (tertiary/aromatic N) is 1. The molecule has 1 aromatic heterocycles. The van der Waals surface area contributed by atoms with Gasteiger partial charge in [-0.2, -0.15) is 0 Å². The first-order valence-corrected chi connectivity index (χ1v) is 22.3. The Balaban J connectivity index is 1.05. The zero-order valence-electron chi connectivity index (χ0n) is 34.9. The lowest BCUT2D eigenvalue weighted by molar-refractivity contribution is 0.669. The van der Waals surface area contributed by atoms with Gasteiger partial charge in [0.25, 0.3) is 0 Å². The van der Waals surface area contributed by atoms with Crippen LogP contribution in [0, 0.1) is 0 Å². The van der Waals surface area contributed by atoms with Crippen LogP contribution < -0.4 is 4.90 Å². The number of hydrogen-bond donors (Lipinski definition) is 0. The van der Waals surface area contributed by atoms with Crippen LogP contribution in [0.25, 0.3) is 55.3 Å². The molecule has 2 nitrogen and oxygen atoms in total. The third-order valence-electron chi connectivity index (χ3n) is 14.6. The van der Waals surface area contributed by atoms with Crippen LogP contribution >= 0.6 is 0 Å². The van der Waals surface area contributed by atoms with Gasteiger partial charge in [0, 0.05) is 27.8 Å². The first-order chi connectivity index (χ1) is 31.7. The number of anilines is 3. The topological polar surface area (TPSA) is 16.4 Å². The molecule has 0 saturated carbocycles. The van der Waals surface area contributed by atoms with Crippen molar-refractivity contribution in [2.75, 3.05) is 4.90 Å². The van der Waals surface area contributed by atoms with Crippen molar-refractivity contribution in [3.8, 4) is 33.4 Å². The number of furan rings is 1. The van der Waals surface area contributed by atoms with E-state index in [1.807, 2.05) is 6.07 Å². The van der Waals surface area contributed by atoms with Gasteiger partial charge in [0.15, 0.2) is 0 Å². The van der Waals surface area contributed by atoms with E-state index in [-0.39, 0.29) is 0 Å². The Labute approximate surface area is 372 Å². The summed E-state index contributed by atoms with van der Waals surface area (Å²) in [6.07, 6.45) is 0. The van der Waals surface area contributed by atoms with E-state index in [1.165, 1.54) is 77.9 Å². The molecule has 14 rings (SSSR count). The first kappa shape index (κ1) is 35.4. The van der Waals surface area contributed by atoms with E-state index < -0.39 is 10.8 Å². The summed E-state index contributed by atoms with van der Waals surface area (Å²) in [6.45, 7) is 0. The van der Waals surface area contributed by atoms with Gasteiger partial charge in [0.2, 0.25) is 0 Å². The molecule has 64 heavy (non-hydrogen) atoms. The SMILES string of the molecule is c1ccc(C2(c3ccccc3)c3ccccc3-c3cc(N(c4ccc5c(c4)C4(c6ccccc6-c6ccccc64)c4ccccc4-5)c4ccc5oc6ccccc6c5c4)ccc32)cc1. The van der Waals surface area contributed by atoms with Gasteiger partial charge in [-0.1, -0.05) is 188 Å². The van der Waals surface area contributed by atoms with Crippen molar-refractivity contribution in [2.45, 2.75) is 10.8 Å². The van der Waals surface area contributed by atoms with Crippen molar-refractivity contribution in [1.82, 2.24) is 0 Å². The molecule has 3 aliphatic carbocycles. The molecule has 0 atom stereocenters. The smallest absolute Gasteiger partial charge is 0.135 e. The third kappa shape index (κ3) is 4.54. The van der Waals surface area contributed by atoms with E-state index in [9.17, 15) is 0 Å². The maximum absolute atomic E-state index is 6.41. The van der Waals surface area contributed by atoms with Gasteiger partial charge in [-0.05, 0) is 126 Å². The van der Waals surface area contributed by atoms with Crippen LogP contribution in [0.15, 0.2) is 241 Å². The molecular formula is C62H39NO. The number of benzene rings is 10. The highest BCUT2D eigenvalue weighted by Crippen LogP contribution is 2.64. The molecule has 0 N–H and O–H groups in total. The second-order valence-corrected chi connectivity index (χ2v) is 17.5. The zero-order valence-corrected chi connectivity index (χ0v) is 34.9. The highest BCUT2D eigenvalue weighted by atomic mass is 16.3. The fourth-order valence-corrected chi connectivity index (χ4v) is 12.1. The number of para-hydroxylation sites is 1. The first-order valence-electron chi connectivity index (χ1n) is 22.3. The predicted octanol–water partition coefficient (Wildman–Crippen LogP) is 15.8. The highest BCUT2D eigenvalue weighted by molar-refractivity contribution is 6.07. The van der Waals surface area contributed by atoms with Gasteiger partial charge in [-0.3, -0.25) is 0 Å². The fraction of sp³-hybridized carbons (Fsp3) is 0.0323. The van der Waals surface area contributed by atoms with Gasteiger partial charge in [-0.15, -0.1) is 0 Å². The second-order valence-electron chi connectivity index (χ2n) is 17.5. The minimum absolute atomic E-state index is 0.465. The molecule has 298 valence electrons. The molecule has 10 aromatic carbocycles. The average Bonchev–Trinajstić information content (AvgIpc) is 4.07. The molecule has 11 aromatic rings. The van der Waals surface area contributed by atoms with Crippen molar-refractivity contribution < 1.29 is 4.42 Å². The van der Waals surface area contributed by atoms with Crippen LogP contribution in [0.3, 0.4) is 0 Å². The van der Waals surface area contributed by atoms with Crippen molar-refractivity contribution >= 4 is 39.0 Å². The summed E-state index contributed by atoms with van der Waals surface area (Å²) in [5.74, 6) is 0. The quantitative estimate of drug-likeness (QED) is 0.172. The van der Waals surface area contributed by atoms with E-state index >= 15 is 0 Å². The minimum atomic E-state index is -0.485. The van der Waals surface area contributed by atoms with Gasteiger partial charge in [-0.25, -0.2) is 0 Å². The van der Waals surface area contributed by atoms with E-state index in [1.54, 1.807) is 0 Å². The second kappa shape index (κ2) is 13.2. The van der Waals surface area contributed by atoms with Crippen molar-refractivity contribution in [1.29, 1.82) is 0 Å². The lowest BCUT2D eigenvalue weighted by atomic mass is 9.68. The zero-order chi connectivity index (χ0) is 42.0. The average molecular weight is 814 g/mol. The minimum Gasteiger partial charge on any atom is -0.456 e. The van der Waals surface area contributed by atoms with E-state index in [4.69, 9.17) is 4.42 Å². The van der Waals surface area contributed by atoms with Crippen LogP contribution in [-0.4, -0.2) is 0 Å². The molecule has 3 aliphatic rings. The standard InChI is InChI=1S/C62H39NO/c1-3-17-40(18-4-1)61(41-19-5-2-6-20-41)53-26-12-10-24-48(53)51-37-42(32-35-57(51)61)63(43-33-36-60-52(38-43)50-25-11-16-30-59(50)64-60)44-31-34-49-47-23-9-15-29-56(47)62(58(49)39-44)54-27-13-7-21-45(54)46-22-8-14-28-55(46)62/h1-39H. The molecule has 2 heteroatoms. The van der Waals surface area contributed by atoms with Gasteiger partial charge >= 0.3 is 0 Å². The molecular weight excluding hydrogens is 775 g/mol. The van der Waals surface area contributed by atoms with E-state index in [0.29, 0.717) is 0 Å². The normalized spacial score (nSPS) is 14.2. The molecule has 0 bridgehead atoms.